The Hall–Kier alpha value is -2.79. The first-order chi connectivity index (χ1) is 19.1. The summed E-state index contributed by atoms with van der Waals surface area (Å²) in [6, 6.07) is 11.8. The van der Waals surface area contributed by atoms with E-state index in [1.807, 2.05) is 0 Å². The Morgan fingerprint density at radius 1 is 1.10 bits per heavy atom. The standard InChI is InChI=1S/C27H33Cl2NO4.C2HF3O2/c1-4-7-22(26(32)33)21-10-11-23(25(29)24(21)28)34-16-20(31)15-30-27(2,3)14-17-12-18-8-5-6-9-19(18)13-17;3-2(4,5)1(6)7/h4-6,8-11,17,20,22,30-31H,1,7,12-16H2,2-3H3,(H,32,33);(H,6,7)/t20-,22?;/m1./s1. The first-order valence-electron chi connectivity index (χ1n) is 12.8. The van der Waals surface area contributed by atoms with Gasteiger partial charge in [0.25, 0.3) is 0 Å². The number of hydrogen-bond acceptors (Lipinski definition) is 5. The summed E-state index contributed by atoms with van der Waals surface area (Å²) in [6.07, 6.45) is -0.867. The number of aliphatic carboxylic acids is 2. The number of ether oxygens (including phenoxy) is 1. The van der Waals surface area contributed by atoms with Crippen LogP contribution in [0.15, 0.2) is 49.1 Å². The largest absolute Gasteiger partial charge is 0.490 e. The lowest BCUT2D eigenvalue weighted by Gasteiger charge is -2.30. The number of allylic oxidation sites excluding steroid dienone is 1. The van der Waals surface area contributed by atoms with Gasteiger partial charge in [-0.1, -0.05) is 59.6 Å². The van der Waals surface area contributed by atoms with Crippen molar-refractivity contribution in [1.82, 2.24) is 5.32 Å². The van der Waals surface area contributed by atoms with Gasteiger partial charge in [-0.25, -0.2) is 4.79 Å². The number of rotatable bonds is 12. The molecule has 0 saturated heterocycles. The van der Waals surface area contributed by atoms with E-state index in [0.717, 1.165) is 19.3 Å². The average molecular weight is 620 g/mol. The molecule has 0 aromatic heterocycles. The molecule has 12 heteroatoms. The Morgan fingerprint density at radius 2 is 1.66 bits per heavy atom. The summed E-state index contributed by atoms with van der Waals surface area (Å²) in [4.78, 5) is 20.4. The Bertz CT molecular complexity index is 1200. The van der Waals surface area contributed by atoms with E-state index in [4.69, 9.17) is 37.8 Å². The summed E-state index contributed by atoms with van der Waals surface area (Å²) in [7, 11) is 0. The molecule has 226 valence electrons. The highest BCUT2D eigenvalue weighted by atomic mass is 35.5. The maximum atomic E-state index is 11.6. The van der Waals surface area contributed by atoms with Crippen LogP contribution in [0.4, 0.5) is 13.2 Å². The molecule has 4 N–H and O–H groups in total. The first-order valence-corrected chi connectivity index (χ1v) is 13.6. The summed E-state index contributed by atoms with van der Waals surface area (Å²) >= 11 is 12.7. The van der Waals surface area contributed by atoms with Crippen LogP contribution in [0.25, 0.3) is 0 Å². The molecular weight excluding hydrogens is 586 g/mol. The molecule has 0 radical (unpaired) electrons. The van der Waals surface area contributed by atoms with Gasteiger partial charge in [0.2, 0.25) is 0 Å². The number of carboxylic acid groups (broad SMARTS) is 2. The topological polar surface area (TPSA) is 116 Å². The second-order valence-electron chi connectivity index (χ2n) is 10.5. The van der Waals surface area contributed by atoms with Crippen LogP contribution >= 0.6 is 23.2 Å². The lowest BCUT2D eigenvalue weighted by molar-refractivity contribution is -0.192. The fourth-order valence-corrected chi connectivity index (χ4v) is 5.20. The number of aliphatic hydroxyl groups excluding tert-OH is 1. The number of halogens is 5. The molecule has 2 atom stereocenters. The number of nitrogens with one attached hydrogen (secondary N) is 1. The van der Waals surface area contributed by atoms with Crippen molar-refractivity contribution in [2.24, 2.45) is 5.92 Å². The average Bonchev–Trinajstić information content (AvgIpc) is 3.28. The molecule has 0 heterocycles. The third-order valence-corrected chi connectivity index (χ3v) is 7.46. The second kappa shape index (κ2) is 14.9. The van der Waals surface area contributed by atoms with Crippen LogP contribution in [0.2, 0.25) is 10.0 Å². The number of benzene rings is 2. The smallest absolute Gasteiger partial charge is 0.489 e. The van der Waals surface area contributed by atoms with Crippen LogP contribution in [-0.4, -0.2) is 58.2 Å². The Balaban J connectivity index is 0.000000745. The number of carboxylic acids is 2. The van der Waals surface area contributed by atoms with Crippen LogP contribution in [0.5, 0.6) is 5.75 Å². The van der Waals surface area contributed by atoms with Gasteiger partial charge < -0.3 is 25.4 Å². The third-order valence-electron chi connectivity index (χ3n) is 6.58. The third kappa shape index (κ3) is 10.5. The van der Waals surface area contributed by atoms with E-state index >= 15 is 0 Å². The van der Waals surface area contributed by atoms with E-state index in [0.29, 0.717) is 23.8 Å². The first kappa shape index (κ1) is 34.4. The van der Waals surface area contributed by atoms with Crippen molar-refractivity contribution in [3.8, 4) is 5.75 Å². The van der Waals surface area contributed by atoms with Crippen LogP contribution in [0, 0.1) is 5.92 Å². The number of carbonyl (C=O) groups is 2. The molecule has 1 unspecified atom stereocenters. The molecule has 2 aromatic rings. The molecule has 41 heavy (non-hydrogen) atoms. The number of alkyl halides is 3. The number of hydrogen-bond donors (Lipinski definition) is 4. The molecule has 0 fully saturated rings. The van der Waals surface area contributed by atoms with Crippen molar-refractivity contribution in [3.05, 3.63) is 75.8 Å². The summed E-state index contributed by atoms with van der Waals surface area (Å²) in [5, 5.41) is 30.8. The quantitative estimate of drug-likeness (QED) is 0.206. The van der Waals surface area contributed by atoms with Gasteiger partial charge in [0.05, 0.1) is 10.9 Å². The van der Waals surface area contributed by atoms with Crippen molar-refractivity contribution < 1.29 is 42.8 Å². The summed E-state index contributed by atoms with van der Waals surface area (Å²) in [6.45, 7) is 8.31. The van der Waals surface area contributed by atoms with Gasteiger partial charge in [-0.05, 0) is 68.2 Å². The molecule has 2 aromatic carbocycles. The summed E-state index contributed by atoms with van der Waals surface area (Å²) in [5.74, 6) is -3.70. The highest BCUT2D eigenvalue weighted by molar-refractivity contribution is 6.43. The van der Waals surface area contributed by atoms with Crippen molar-refractivity contribution >= 4 is 35.1 Å². The minimum absolute atomic E-state index is 0.0301. The molecule has 0 aliphatic heterocycles. The fraction of sp³-hybridized carbons (Fsp3) is 0.448. The molecule has 0 spiro atoms. The lowest BCUT2D eigenvalue weighted by Crippen LogP contribution is -2.46. The fourth-order valence-electron chi connectivity index (χ4n) is 4.68. The van der Waals surface area contributed by atoms with Crippen molar-refractivity contribution in [3.63, 3.8) is 0 Å². The highest BCUT2D eigenvalue weighted by Gasteiger charge is 2.38. The molecule has 3 rings (SSSR count). The summed E-state index contributed by atoms with van der Waals surface area (Å²) < 4.78 is 37.4. The van der Waals surface area contributed by atoms with E-state index in [2.05, 4.69) is 50.0 Å². The molecule has 0 saturated carbocycles. The normalized spacial score (nSPS) is 14.8. The van der Waals surface area contributed by atoms with Crippen LogP contribution in [-0.2, 0) is 22.4 Å². The minimum atomic E-state index is -5.08. The predicted molar refractivity (Wildman–Crippen MR) is 151 cm³/mol. The Morgan fingerprint density at radius 3 is 2.15 bits per heavy atom. The van der Waals surface area contributed by atoms with E-state index in [9.17, 15) is 28.2 Å². The zero-order chi connectivity index (χ0) is 31.0. The Labute approximate surface area is 246 Å². The van der Waals surface area contributed by atoms with Gasteiger partial charge in [-0.3, -0.25) is 4.79 Å². The zero-order valence-corrected chi connectivity index (χ0v) is 24.2. The molecule has 7 nitrogen and oxygen atoms in total. The van der Waals surface area contributed by atoms with Gasteiger partial charge in [-0.2, -0.15) is 13.2 Å². The maximum Gasteiger partial charge on any atom is 0.490 e. The van der Waals surface area contributed by atoms with E-state index in [-0.39, 0.29) is 28.6 Å². The monoisotopic (exact) mass is 619 g/mol. The van der Waals surface area contributed by atoms with Gasteiger partial charge in [0.1, 0.15) is 23.5 Å². The van der Waals surface area contributed by atoms with Crippen LogP contribution in [0.3, 0.4) is 0 Å². The van der Waals surface area contributed by atoms with Gasteiger partial charge in [0.15, 0.2) is 0 Å². The Kier molecular flexibility index (Phi) is 12.5. The number of fused-ring (bicyclic) bond motifs is 1. The van der Waals surface area contributed by atoms with Crippen LogP contribution in [0.1, 0.15) is 49.3 Å². The highest BCUT2D eigenvalue weighted by Crippen LogP contribution is 2.39. The molecule has 0 amide bonds. The van der Waals surface area contributed by atoms with Gasteiger partial charge in [-0.15, -0.1) is 6.58 Å². The van der Waals surface area contributed by atoms with E-state index in [1.54, 1.807) is 12.1 Å². The lowest BCUT2D eigenvalue weighted by atomic mass is 9.88. The van der Waals surface area contributed by atoms with Crippen molar-refractivity contribution in [1.29, 1.82) is 0 Å². The maximum absolute atomic E-state index is 11.6. The van der Waals surface area contributed by atoms with E-state index in [1.165, 1.54) is 17.2 Å². The second-order valence-corrected chi connectivity index (χ2v) is 11.2. The van der Waals surface area contributed by atoms with Crippen molar-refractivity contribution in [2.75, 3.05) is 13.2 Å². The minimum Gasteiger partial charge on any atom is -0.489 e. The van der Waals surface area contributed by atoms with Gasteiger partial charge in [0, 0.05) is 12.1 Å². The van der Waals surface area contributed by atoms with Gasteiger partial charge >= 0.3 is 18.1 Å². The van der Waals surface area contributed by atoms with E-state index < -0.39 is 30.1 Å². The SMILES string of the molecule is C=CCC(C(=O)O)c1ccc(OC[C@H](O)CNC(C)(C)CC2Cc3ccccc3C2)c(Cl)c1Cl.O=C(O)C(F)(F)F. The molecule has 1 aliphatic carbocycles. The molecule has 1 aliphatic rings. The molecular formula is C29H34Cl2F3NO6. The van der Waals surface area contributed by atoms with Crippen LogP contribution < -0.4 is 10.1 Å². The predicted octanol–water partition coefficient (Wildman–Crippen LogP) is 6.28. The summed E-state index contributed by atoms with van der Waals surface area (Å²) in [5.41, 5.74) is 3.16. The van der Waals surface area contributed by atoms with Crippen molar-refractivity contribution in [2.45, 2.75) is 63.3 Å². The number of aliphatic hydroxyl groups is 1. The molecule has 0 bridgehead atoms. The number of β-amino-alcohol motifs (C(OH)–C–C–N with tert-alkyl or cyclic N) is 1. The zero-order valence-electron chi connectivity index (χ0n) is 22.7.